The summed E-state index contributed by atoms with van der Waals surface area (Å²) in [5, 5.41) is 3.43. The fourth-order valence-corrected chi connectivity index (χ4v) is 4.43. The lowest BCUT2D eigenvalue weighted by molar-refractivity contribution is 0.0398. The van der Waals surface area contributed by atoms with Crippen molar-refractivity contribution >= 4 is 38.2 Å². The van der Waals surface area contributed by atoms with E-state index in [2.05, 4.69) is 26.9 Å². The van der Waals surface area contributed by atoms with Gasteiger partial charge >= 0.3 is 0 Å². The minimum atomic E-state index is 0.757. The Morgan fingerprint density at radius 3 is 2.71 bits per heavy atom. The molecular weight excluding hydrogens is 372 g/mol. The number of nitrogens with zero attached hydrogens (tertiary/aromatic N) is 4. The Morgan fingerprint density at radius 1 is 1.07 bits per heavy atom. The summed E-state index contributed by atoms with van der Waals surface area (Å²) in [6, 6.07) is 11.9. The Kier molecular flexibility index (Phi) is 4.59. The predicted molar refractivity (Wildman–Crippen MR) is 114 cm³/mol. The molecule has 0 radical (unpaired) electrons. The summed E-state index contributed by atoms with van der Waals surface area (Å²) in [6.07, 6.45) is 2.06. The molecule has 0 saturated carbocycles. The van der Waals surface area contributed by atoms with E-state index >= 15 is 0 Å². The lowest BCUT2D eigenvalue weighted by Crippen LogP contribution is -2.39. The molecule has 4 heterocycles. The molecule has 0 spiro atoms. The third-order valence-corrected chi connectivity index (χ3v) is 5.97. The third kappa shape index (κ3) is 3.42. The number of pyridine rings is 1. The number of thiazole rings is 1. The number of hydrogen-bond acceptors (Lipinski definition) is 7. The summed E-state index contributed by atoms with van der Waals surface area (Å²) >= 11 is 1.61. The van der Waals surface area contributed by atoms with E-state index in [1.54, 1.807) is 11.3 Å². The van der Waals surface area contributed by atoms with E-state index in [0.717, 1.165) is 77.5 Å². The smallest absolute Gasteiger partial charge is 0.196 e. The summed E-state index contributed by atoms with van der Waals surface area (Å²) in [5.74, 6) is 0.907. The number of hydrogen-bond donors (Lipinski definition) is 2. The highest BCUT2D eigenvalue weighted by molar-refractivity contribution is 7.23. The van der Waals surface area contributed by atoms with Gasteiger partial charge in [0.05, 0.1) is 24.4 Å². The molecule has 3 aromatic heterocycles. The van der Waals surface area contributed by atoms with Crippen LogP contribution in [-0.2, 0) is 4.74 Å². The zero-order valence-electron chi connectivity index (χ0n) is 15.5. The molecule has 0 atom stereocenters. The molecule has 1 aliphatic rings. The van der Waals surface area contributed by atoms with E-state index in [9.17, 15) is 0 Å². The fourth-order valence-electron chi connectivity index (χ4n) is 3.44. The molecule has 0 amide bonds. The van der Waals surface area contributed by atoms with Gasteiger partial charge in [0.2, 0.25) is 0 Å². The summed E-state index contributed by atoms with van der Waals surface area (Å²) in [5.41, 5.74) is 9.62. The SMILES string of the molecule is Nc1ccc(-c2cn3c(n2)sc2nc(NCCN4CCOCC4)ccc23)cc1. The molecule has 0 aliphatic carbocycles. The Balaban J connectivity index is 1.33. The summed E-state index contributed by atoms with van der Waals surface area (Å²) < 4.78 is 7.50. The number of morpholine rings is 1. The Morgan fingerprint density at radius 2 is 1.89 bits per heavy atom. The Bertz CT molecular complexity index is 1100. The van der Waals surface area contributed by atoms with Crippen LogP contribution in [0.25, 0.3) is 26.6 Å². The van der Waals surface area contributed by atoms with Crippen molar-refractivity contribution in [1.82, 2.24) is 19.3 Å². The van der Waals surface area contributed by atoms with Crippen LogP contribution in [0.5, 0.6) is 0 Å². The highest BCUT2D eigenvalue weighted by Crippen LogP contribution is 2.29. The minimum absolute atomic E-state index is 0.757. The van der Waals surface area contributed by atoms with Gasteiger partial charge in [0.15, 0.2) is 4.96 Å². The van der Waals surface area contributed by atoms with Gasteiger partial charge < -0.3 is 15.8 Å². The van der Waals surface area contributed by atoms with E-state index < -0.39 is 0 Å². The van der Waals surface area contributed by atoms with Crippen molar-refractivity contribution in [3.05, 3.63) is 42.6 Å². The first-order valence-electron chi connectivity index (χ1n) is 9.45. The highest BCUT2D eigenvalue weighted by Gasteiger charge is 2.12. The molecule has 3 N–H and O–H groups in total. The van der Waals surface area contributed by atoms with E-state index in [1.807, 2.05) is 30.3 Å². The molecule has 144 valence electrons. The van der Waals surface area contributed by atoms with E-state index in [-0.39, 0.29) is 0 Å². The minimum Gasteiger partial charge on any atom is -0.399 e. The van der Waals surface area contributed by atoms with Crippen LogP contribution in [-0.4, -0.2) is 58.7 Å². The van der Waals surface area contributed by atoms with Crippen molar-refractivity contribution in [3.63, 3.8) is 0 Å². The van der Waals surface area contributed by atoms with Gasteiger partial charge in [-0.15, -0.1) is 0 Å². The van der Waals surface area contributed by atoms with Crippen LogP contribution in [0.4, 0.5) is 11.5 Å². The zero-order valence-corrected chi connectivity index (χ0v) is 16.3. The second-order valence-electron chi connectivity index (χ2n) is 6.90. The van der Waals surface area contributed by atoms with Crippen molar-refractivity contribution in [2.24, 2.45) is 0 Å². The summed E-state index contributed by atoms with van der Waals surface area (Å²) in [7, 11) is 0. The highest BCUT2D eigenvalue weighted by atomic mass is 32.1. The number of ether oxygens (including phenoxy) is 1. The molecule has 7 nitrogen and oxygen atoms in total. The topological polar surface area (TPSA) is 80.7 Å². The van der Waals surface area contributed by atoms with Gasteiger partial charge in [0, 0.05) is 43.6 Å². The average molecular weight is 395 g/mol. The van der Waals surface area contributed by atoms with Crippen LogP contribution < -0.4 is 11.1 Å². The molecule has 4 aromatic rings. The van der Waals surface area contributed by atoms with Gasteiger partial charge in [-0.1, -0.05) is 23.5 Å². The lowest BCUT2D eigenvalue weighted by atomic mass is 10.1. The van der Waals surface area contributed by atoms with Crippen molar-refractivity contribution < 1.29 is 4.74 Å². The molecule has 1 aromatic carbocycles. The van der Waals surface area contributed by atoms with Crippen LogP contribution in [0.2, 0.25) is 0 Å². The average Bonchev–Trinajstić information content (AvgIpc) is 3.27. The number of anilines is 2. The van der Waals surface area contributed by atoms with E-state index in [0.29, 0.717) is 0 Å². The lowest BCUT2D eigenvalue weighted by Gasteiger charge is -2.26. The second kappa shape index (κ2) is 7.38. The van der Waals surface area contributed by atoms with Crippen LogP contribution in [0, 0.1) is 0 Å². The van der Waals surface area contributed by atoms with Gasteiger partial charge in [0.1, 0.15) is 10.6 Å². The molecule has 5 rings (SSSR count). The van der Waals surface area contributed by atoms with Crippen molar-refractivity contribution in [2.75, 3.05) is 50.4 Å². The van der Waals surface area contributed by atoms with Crippen molar-refractivity contribution in [1.29, 1.82) is 0 Å². The first kappa shape index (κ1) is 17.4. The first-order chi connectivity index (χ1) is 13.8. The van der Waals surface area contributed by atoms with Crippen LogP contribution in [0.15, 0.2) is 42.6 Å². The number of imidazole rings is 1. The van der Waals surface area contributed by atoms with Crippen LogP contribution in [0.1, 0.15) is 0 Å². The number of aromatic nitrogens is 3. The molecule has 28 heavy (non-hydrogen) atoms. The Labute approximate surface area is 166 Å². The molecule has 8 heteroatoms. The van der Waals surface area contributed by atoms with E-state index in [4.69, 9.17) is 20.4 Å². The number of nitrogens with one attached hydrogen (secondary N) is 1. The monoisotopic (exact) mass is 394 g/mol. The van der Waals surface area contributed by atoms with Gasteiger partial charge in [-0.2, -0.15) is 0 Å². The number of rotatable bonds is 5. The molecule has 1 aliphatic heterocycles. The third-order valence-electron chi connectivity index (χ3n) is 5.01. The normalized spacial score (nSPS) is 15.4. The Hall–Kier alpha value is -2.68. The molecular formula is C20H22N6OS. The van der Waals surface area contributed by atoms with Gasteiger partial charge in [-0.05, 0) is 24.3 Å². The quantitative estimate of drug-likeness (QED) is 0.507. The number of nitrogens with two attached hydrogens (primary N) is 1. The van der Waals surface area contributed by atoms with Crippen molar-refractivity contribution in [3.8, 4) is 11.3 Å². The van der Waals surface area contributed by atoms with Crippen LogP contribution in [0.3, 0.4) is 0 Å². The van der Waals surface area contributed by atoms with Crippen molar-refractivity contribution in [2.45, 2.75) is 0 Å². The standard InChI is InChI=1S/C20H22N6OS/c21-15-3-1-14(2-4-15)16-13-26-17-5-6-18(24-19(17)28-20(26)23-16)22-7-8-25-9-11-27-12-10-25/h1-6,13H,7-12,21H2,(H,22,24). The van der Waals surface area contributed by atoms with Gasteiger partial charge in [-0.3, -0.25) is 9.30 Å². The van der Waals surface area contributed by atoms with Gasteiger partial charge in [-0.25, -0.2) is 9.97 Å². The molecule has 1 saturated heterocycles. The molecule has 1 fully saturated rings. The maximum atomic E-state index is 5.78. The summed E-state index contributed by atoms with van der Waals surface area (Å²) in [4.78, 5) is 13.9. The second-order valence-corrected chi connectivity index (χ2v) is 7.86. The van der Waals surface area contributed by atoms with Crippen LogP contribution >= 0.6 is 11.3 Å². The van der Waals surface area contributed by atoms with E-state index in [1.165, 1.54) is 0 Å². The van der Waals surface area contributed by atoms with Gasteiger partial charge in [0.25, 0.3) is 0 Å². The molecule has 0 unspecified atom stereocenters. The number of fused-ring (bicyclic) bond motifs is 3. The largest absolute Gasteiger partial charge is 0.399 e. The number of nitrogen functional groups attached to an aromatic ring is 1. The first-order valence-corrected chi connectivity index (χ1v) is 10.3. The maximum absolute atomic E-state index is 5.78. The fraction of sp³-hybridized carbons (Fsp3) is 0.300. The maximum Gasteiger partial charge on any atom is 0.196 e. The summed E-state index contributed by atoms with van der Waals surface area (Å²) in [6.45, 7) is 5.55. The molecule has 0 bridgehead atoms. The predicted octanol–water partition coefficient (Wildman–Crippen LogP) is 2.94. The zero-order chi connectivity index (χ0) is 18.9. The number of benzene rings is 1.